The van der Waals surface area contributed by atoms with E-state index in [9.17, 15) is 4.79 Å². The Kier molecular flexibility index (Phi) is 3.90. The van der Waals surface area contributed by atoms with Crippen LogP contribution in [-0.2, 0) is 0 Å². The summed E-state index contributed by atoms with van der Waals surface area (Å²) in [4.78, 5) is 15.1. The highest BCUT2D eigenvalue weighted by Gasteiger charge is 2.32. The molecule has 0 saturated carbocycles. The number of nitrogens with zero attached hydrogens (tertiary/aromatic N) is 1. The van der Waals surface area contributed by atoms with Gasteiger partial charge in [0.25, 0.3) is 5.91 Å². The number of aryl methyl sites for hydroxylation is 1. The minimum Gasteiger partial charge on any atom is -0.335 e. The normalized spacial score (nSPS) is 24.4. The van der Waals surface area contributed by atoms with Crippen LogP contribution in [0.5, 0.6) is 0 Å². The Morgan fingerprint density at radius 3 is 2.88 bits per heavy atom. The Bertz CT molecular complexity index is 413. The van der Waals surface area contributed by atoms with Crippen LogP contribution in [0.4, 0.5) is 0 Å². The van der Waals surface area contributed by atoms with Gasteiger partial charge in [0.1, 0.15) is 0 Å². The predicted molar refractivity (Wildman–Crippen MR) is 74.4 cm³/mol. The van der Waals surface area contributed by atoms with Crippen molar-refractivity contribution in [1.29, 1.82) is 0 Å². The van der Waals surface area contributed by atoms with Crippen LogP contribution in [0.3, 0.4) is 0 Å². The van der Waals surface area contributed by atoms with Crippen molar-refractivity contribution in [2.24, 2.45) is 11.7 Å². The zero-order valence-electron chi connectivity index (χ0n) is 10.1. The maximum absolute atomic E-state index is 12.4. The molecule has 0 bridgehead atoms. The molecular formula is C12H17BrN2OS. The summed E-state index contributed by atoms with van der Waals surface area (Å²) < 4.78 is 1.04. The zero-order valence-corrected chi connectivity index (χ0v) is 12.5. The lowest BCUT2D eigenvalue weighted by Crippen LogP contribution is -2.33. The average Bonchev–Trinajstić information content (AvgIpc) is 2.82. The smallest absolute Gasteiger partial charge is 0.264 e. The van der Waals surface area contributed by atoms with Crippen LogP contribution in [-0.4, -0.2) is 29.9 Å². The summed E-state index contributed by atoms with van der Waals surface area (Å²) >= 11 is 4.98. The van der Waals surface area contributed by atoms with E-state index in [-0.39, 0.29) is 5.91 Å². The molecule has 1 aliphatic heterocycles. The first kappa shape index (κ1) is 13.1. The van der Waals surface area contributed by atoms with Gasteiger partial charge in [0.05, 0.1) is 8.66 Å². The van der Waals surface area contributed by atoms with E-state index in [0.29, 0.717) is 18.5 Å². The van der Waals surface area contributed by atoms with Crippen LogP contribution >= 0.6 is 27.3 Å². The van der Waals surface area contributed by atoms with Crippen LogP contribution < -0.4 is 5.73 Å². The van der Waals surface area contributed by atoms with Crippen molar-refractivity contribution in [1.82, 2.24) is 4.90 Å². The second-order valence-corrected chi connectivity index (χ2v) is 7.08. The van der Waals surface area contributed by atoms with Gasteiger partial charge in [-0.2, -0.15) is 0 Å². The summed E-state index contributed by atoms with van der Waals surface area (Å²) in [6.45, 7) is 5.57. The number of thiophene rings is 1. The summed E-state index contributed by atoms with van der Waals surface area (Å²) in [6, 6.07) is 2.26. The van der Waals surface area contributed by atoms with Crippen molar-refractivity contribution in [3.63, 3.8) is 0 Å². The maximum Gasteiger partial charge on any atom is 0.264 e. The van der Waals surface area contributed by atoms with E-state index in [1.165, 1.54) is 11.3 Å². The third kappa shape index (κ3) is 2.56. The third-order valence-corrected chi connectivity index (χ3v) is 5.45. The second-order valence-electron chi connectivity index (χ2n) is 4.71. The molecule has 2 rings (SSSR count). The molecule has 2 unspecified atom stereocenters. The molecule has 5 heteroatoms. The summed E-state index contributed by atoms with van der Waals surface area (Å²) in [5.74, 6) is 0.602. The lowest BCUT2D eigenvalue weighted by Gasteiger charge is -2.20. The molecule has 1 aromatic rings. The molecule has 2 N–H and O–H groups in total. The number of carbonyl (C=O) groups is 1. The molecule has 1 amide bonds. The summed E-state index contributed by atoms with van der Waals surface area (Å²) in [5, 5.41) is 0. The number of likely N-dealkylation sites (tertiary alicyclic amines) is 1. The van der Waals surface area contributed by atoms with Gasteiger partial charge in [-0.1, -0.05) is 0 Å². The Hall–Kier alpha value is -0.390. The highest BCUT2D eigenvalue weighted by atomic mass is 79.9. The lowest BCUT2D eigenvalue weighted by molar-refractivity contribution is 0.0748. The molecule has 0 aliphatic carbocycles. The molecule has 1 aromatic heterocycles. The topological polar surface area (TPSA) is 46.3 Å². The standard InChI is InChI=1S/C12H17BrN2OS/c1-7-3-10(17-11(7)13)12(16)15-6-9(5-14)4-8(15)2/h3,8-9H,4-6,14H2,1-2H3. The van der Waals surface area contributed by atoms with Crippen molar-refractivity contribution in [3.05, 3.63) is 20.3 Å². The molecule has 1 fully saturated rings. The number of carbonyl (C=O) groups excluding carboxylic acids is 1. The molecule has 94 valence electrons. The number of hydrogen-bond acceptors (Lipinski definition) is 3. The monoisotopic (exact) mass is 316 g/mol. The first-order chi connectivity index (χ1) is 8.02. The first-order valence-electron chi connectivity index (χ1n) is 5.80. The number of hydrogen-bond donors (Lipinski definition) is 1. The summed E-state index contributed by atoms with van der Waals surface area (Å²) in [7, 11) is 0. The van der Waals surface area contributed by atoms with Crippen molar-refractivity contribution < 1.29 is 4.79 Å². The van der Waals surface area contributed by atoms with Crippen molar-refractivity contribution in [2.45, 2.75) is 26.3 Å². The van der Waals surface area contributed by atoms with Gasteiger partial charge in [0.2, 0.25) is 0 Å². The van der Waals surface area contributed by atoms with E-state index < -0.39 is 0 Å². The molecule has 2 atom stereocenters. The molecule has 0 spiro atoms. The molecule has 17 heavy (non-hydrogen) atoms. The van der Waals surface area contributed by atoms with Gasteiger partial charge < -0.3 is 10.6 Å². The predicted octanol–water partition coefficient (Wildman–Crippen LogP) is 2.63. The number of halogens is 1. The van der Waals surface area contributed by atoms with E-state index >= 15 is 0 Å². The molecular weight excluding hydrogens is 300 g/mol. The quantitative estimate of drug-likeness (QED) is 0.911. The van der Waals surface area contributed by atoms with Crippen molar-refractivity contribution in [2.75, 3.05) is 13.1 Å². The third-order valence-electron chi connectivity index (χ3n) is 3.32. The van der Waals surface area contributed by atoms with Crippen LogP contribution in [0.25, 0.3) is 0 Å². The van der Waals surface area contributed by atoms with E-state index in [0.717, 1.165) is 27.2 Å². The van der Waals surface area contributed by atoms with Gasteiger partial charge in [-0.15, -0.1) is 11.3 Å². The van der Waals surface area contributed by atoms with Crippen LogP contribution in [0.2, 0.25) is 0 Å². The zero-order chi connectivity index (χ0) is 12.6. The fourth-order valence-electron chi connectivity index (χ4n) is 2.30. The number of amides is 1. The van der Waals surface area contributed by atoms with Crippen LogP contribution in [0.1, 0.15) is 28.6 Å². The highest BCUT2D eigenvalue weighted by Crippen LogP contribution is 2.31. The first-order valence-corrected chi connectivity index (χ1v) is 7.40. The highest BCUT2D eigenvalue weighted by molar-refractivity contribution is 9.11. The number of nitrogens with two attached hydrogens (primary N) is 1. The fraction of sp³-hybridized carbons (Fsp3) is 0.583. The van der Waals surface area contributed by atoms with Crippen molar-refractivity contribution >= 4 is 33.2 Å². The molecule has 1 saturated heterocycles. The summed E-state index contributed by atoms with van der Waals surface area (Å²) in [5.41, 5.74) is 6.81. The minimum absolute atomic E-state index is 0.146. The van der Waals surface area contributed by atoms with Gasteiger partial charge in [-0.3, -0.25) is 4.79 Å². The van der Waals surface area contributed by atoms with Gasteiger partial charge in [0, 0.05) is 12.6 Å². The minimum atomic E-state index is 0.146. The molecule has 0 radical (unpaired) electrons. The maximum atomic E-state index is 12.4. The van der Waals surface area contributed by atoms with E-state index in [4.69, 9.17) is 5.73 Å². The number of rotatable bonds is 2. The Morgan fingerprint density at radius 2 is 2.41 bits per heavy atom. The average molecular weight is 317 g/mol. The van der Waals surface area contributed by atoms with Crippen LogP contribution in [0.15, 0.2) is 9.85 Å². The second kappa shape index (κ2) is 5.08. The van der Waals surface area contributed by atoms with Gasteiger partial charge >= 0.3 is 0 Å². The molecule has 0 aromatic carbocycles. The Morgan fingerprint density at radius 1 is 1.71 bits per heavy atom. The largest absolute Gasteiger partial charge is 0.335 e. The summed E-state index contributed by atoms with van der Waals surface area (Å²) in [6.07, 6.45) is 1.02. The van der Waals surface area contributed by atoms with Crippen LogP contribution in [0, 0.1) is 12.8 Å². The van der Waals surface area contributed by atoms with Crippen molar-refractivity contribution in [3.8, 4) is 0 Å². The molecule has 1 aliphatic rings. The van der Waals surface area contributed by atoms with Gasteiger partial charge in [-0.25, -0.2) is 0 Å². The lowest BCUT2D eigenvalue weighted by atomic mass is 10.1. The Labute approximate surface area is 114 Å². The fourth-order valence-corrected chi connectivity index (χ4v) is 3.79. The van der Waals surface area contributed by atoms with Gasteiger partial charge in [0.15, 0.2) is 0 Å². The van der Waals surface area contributed by atoms with Gasteiger partial charge in [-0.05, 0) is 60.3 Å². The Balaban J connectivity index is 2.15. The molecule has 3 nitrogen and oxygen atoms in total. The van der Waals surface area contributed by atoms with E-state index in [1.807, 2.05) is 17.9 Å². The SMILES string of the molecule is Cc1cc(C(=O)N2CC(CN)CC2C)sc1Br. The van der Waals surface area contributed by atoms with E-state index in [2.05, 4.69) is 22.9 Å². The van der Waals surface area contributed by atoms with E-state index in [1.54, 1.807) is 0 Å². The molecule has 2 heterocycles.